The summed E-state index contributed by atoms with van der Waals surface area (Å²) in [5, 5.41) is 19.8. The van der Waals surface area contributed by atoms with E-state index in [1.54, 1.807) is 0 Å². The molecule has 0 heterocycles. The van der Waals surface area contributed by atoms with Gasteiger partial charge in [-0.3, -0.25) is 9.59 Å². The van der Waals surface area contributed by atoms with Crippen molar-refractivity contribution in [3.05, 3.63) is 24.3 Å². The smallest absolute Gasteiger partial charge is 0.164 e. The average molecular weight is 304 g/mol. The van der Waals surface area contributed by atoms with E-state index in [1.807, 2.05) is 18.2 Å². The molecule has 22 heavy (non-hydrogen) atoms. The zero-order valence-electron chi connectivity index (χ0n) is 12.8. The van der Waals surface area contributed by atoms with E-state index in [0.717, 1.165) is 19.3 Å². The van der Waals surface area contributed by atoms with Crippen LogP contribution in [0, 0.1) is 11.8 Å². The van der Waals surface area contributed by atoms with Gasteiger partial charge in [0.25, 0.3) is 0 Å². The molecule has 2 fully saturated rings. The maximum absolute atomic E-state index is 11.2. The summed E-state index contributed by atoms with van der Waals surface area (Å²) in [5.74, 6) is 0.413. The van der Waals surface area contributed by atoms with Crippen LogP contribution >= 0.6 is 0 Å². The minimum atomic E-state index is -0.977. The van der Waals surface area contributed by atoms with E-state index in [2.05, 4.69) is 6.08 Å². The van der Waals surface area contributed by atoms with E-state index < -0.39 is 11.2 Å². The summed E-state index contributed by atoms with van der Waals surface area (Å²) in [4.78, 5) is 22.5. The van der Waals surface area contributed by atoms with E-state index in [4.69, 9.17) is 0 Å². The number of carbonyl (C=O) groups is 2. The van der Waals surface area contributed by atoms with Gasteiger partial charge in [0.05, 0.1) is 11.5 Å². The molecule has 4 aliphatic rings. The van der Waals surface area contributed by atoms with Crippen molar-refractivity contribution in [3.63, 3.8) is 0 Å². The SMILES string of the molecule is O=C1CC[C@H]2CC=CC[C@]12O.O=C1CC[C@]2(O)CC=CC[C@@H]12. The normalized spacial score (nSPS) is 42.6. The third kappa shape index (κ3) is 2.59. The Bertz CT molecular complexity index is 535. The van der Waals surface area contributed by atoms with Crippen LogP contribution in [0.25, 0.3) is 0 Å². The maximum Gasteiger partial charge on any atom is 0.164 e. The van der Waals surface area contributed by atoms with E-state index in [1.165, 1.54) is 0 Å². The minimum Gasteiger partial charge on any atom is -0.389 e. The zero-order chi connectivity index (χ0) is 15.8. The highest BCUT2D eigenvalue weighted by Crippen LogP contribution is 2.41. The minimum absolute atomic E-state index is 0.0480. The Labute approximate surface area is 130 Å². The molecule has 0 unspecified atom stereocenters. The number of aliphatic hydroxyl groups is 2. The first kappa shape index (κ1) is 15.6. The molecular weight excluding hydrogens is 280 g/mol. The van der Waals surface area contributed by atoms with Gasteiger partial charge in [-0.15, -0.1) is 0 Å². The second-order valence-electron chi connectivity index (χ2n) is 7.03. The van der Waals surface area contributed by atoms with Gasteiger partial charge in [-0.05, 0) is 38.0 Å². The molecule has 0 aromatic carbocycles. The van der Waals surface area contributed by atoms with Crippen LogP contribution in [0.15, 0.2) is 24.3 Å². The Hall–Kier alpha value is -1.26. The highest BCUT2D eigenvalue weighted by Gasteiger charge is 2.48. The van der Waals surface area contributed by atoms with Gasteiger partial charge in [-0.1, -0.05) is 24.3 Å². The monoisotopic (exact) mass is 304 g/mol. The lowest BCUT2D eigenvalue weighted by Crippen LogP contribution is -2.40. The van der Waals surface area contributed by atoms with Crippen LogP contribution in [0.3, 0.4) is 0 Å². The van der Waals surface area contributed by atoms with Gasteiger partial charge in [0.1, 0.15) is 11.4 Å². The van der Waals surface area contributed by atoms with Gasteiger partial charge >= 0.3 is 0 Å². The van der Waals surface area contributed by atoms with Crippen LogP contribution in [0.2, 0.25) is 0 Å². The Morgan fingerprint density at radius 1 is 0.955 bits per heavy atom. The van der Waals surface area contributed by atoms with Crippen molar-refractivity contribution in [1.29, 1.82) is 0 Å². The third-order valence-electron chi connectivity index (χ3n) is 5.75. The van der Waals surface area contributed by atoms with Crippen LogP contribution in [-0.4, -0.2) is 33.0 Å². The summed E-state index contributed by atoms with van der Waals surface area (Å²) in [6, 6.07) is 0. The number of allylic oxidation sites excluding steroid dienone is 2. The Balaban J connectivity index is 0.000000131. The lowest BCUT2D eigenvalue weighted by molar-refractivity contribution is -0.136. The number of hydrogen-bond donors (Lipinski definition) is 2. The second-order valence-corrected chi connectivity index (χ2v) is 7.03. The van der Waals surface area contributed by atoms with E-state index >= 15 is 0 Å². The van der Waals surface area contributed by atoms with Crippen molar-refractivity contribution in [3.8, 4) is 0 Å². The van der Waals surface area contributed by atoms with Gasteiger partial charge in [-0.2, -0.15) is 0 Å². The summed E-state index contributed by atoms with van der Waals surface area (Å²) in [7, 11) is 0. The van der Waals surface area contributed by atoms with Crippen LogP contribution in [0.4, 0.5) is 0 Å². The Morgan fingerprint density at radius 2 is 1.68 bits per heavy atom. The predicted octanol–water partition coefficient (Wildman–Crippen LogP) is 2.09. The molecule has 0 spiro atoms. The largest absolute Gasteiger partial charge is 0.389 e. The van der Waals surface area contributed by atoms with Crippen molar-refractivity contribution in [2.45, 2.75) is 62.6 Å². The highest BCUT2D eigenvalue weighted by atomic mass is 16.3. The van der Waals surface area contributed by atoms with Crippen LogP contribution in [-0.2, 0) is 9.59 Å². The fourth-order valence-corrected chi connectivity index (χ4v) is 4.21. The molecular formula is C18H24O4. The predicted molar refractivity (Wildman–Crippen MR) is 82.1 cm³/mol. The molecule has 2 saturated carbocycles. The molecule has 2 N–H and O–H groups in total. The summed E-state index contributed by atoms with van der Waals surface area (Å²) >= 11 is 0. The maximum atomic E-state index is 11.2. The fourth-order valence-electron chi connectivity index (χ4n) is 4.21. The number of Topliss-reactive ketones (excluding diaryl/α,β-unsaturated/α-hetero) is 2. The molecule has 120 valence electrons. The highest BCUT2D eigenvalue weighted by molar-refractivity contribution is 5.90. The molecule has 0 bridgehead atoms. The first-order chi connectivity index (χ1) is 10.5. The van der Waals surface area contributed by atoms with E-state index in [0.29, 0.717) is 32.1 Å². The molecule has 0 aromatic rings. The van der Waals surface area contributed by atoms with Crippen molar-refractivity contribution in [2.75, 3.05) is 0 Å². The molecule has 4 heteroatoms. The van der Waals surface area contributed by atoms with Crippen molar-refractivity contribution < 1.29 is 19.8 Å². The number of fused-ring (bicyclic) bond motifs is 2. The molecule has 4 rings (SSSR count). The van der Waals surface area contributed by atoms with E-state index in [-0.39, 0.29) is 23.4 Å². The molecule has 4 atom stereocenters. The first-order valence-electron chi connectivity index (χ1n) is 8.26. The zero-order valence-corrected chi connectivity index (χ0v) is 12.8. The van der Waals surface area contributed by atoms with Gasteiger partial charge < -0.3 is 10.2 Å². The number of rotatable bonds is 0. The molecule has 0 aliphatic heterocycles. The molecule has 0 saturated heterocycles. The van der Waals surface area contributed by atoms with Crippen molar-refractivity contribution in [2.24, 2.45) is 11.8 Å². The lowest BCUT2D eigenvalue weighted by atomic mass is 9.81. The molecule has 4 aliphatic carbocycles. The van der Waals surface area contributed by atoms with Crippen LogP contribution in [0.5, 0.6) is 0 Å². The summed E-state index contributed by atoms with van der Waals surface area (Å²) in [6.45, 7) is 0. The Kier molecular flexibility index (Phi) is 4.08. The first-order valence-corrected chi connectivity index (χ1v) is 8.26. The van der Waals surface area contributed by atoms with Crippen LogP contribution < -0.4 is 0 Å². The van der Waals surface area contributed by atoms with Crippen molar-refractivity contribution in [1.82, 2.24) is 0 Å². The topological polar surface area (TPSA) is 74.6 Å². The van der Waals surface area contributed by atoms with Gasteiger partial charge in [0.2, 0.25) is 0 Å². The summed E-state index contributed by atoms with van der Waals surface area (Å²) < 4.78 is 0. The fraction of sp³-hybridized carbons (Fsp3) is 0.667. The Morgan fingerprint density at radius 3 is 2.41 bits per heavy atom. The number of hydrogen-bond acceptors (Lipinski definition) is 4. The molecule has 0 aromatic heterocycles. The second kappa shape index (κ2) is 5.74. The van der Waals surface area contributed by atoms with Crippen LogP contribution in [0.1, 0.15) is 51.4 Å². The number of ketones is 2. The summed E-state index contributed by atoms with van der Waals surface area (Å²) in [5.41, 5.74) is -1.65. The lowest BCUT2D eigenvalue weighted by Gasteiger charge is -2.29. The standard InChI is InChI=1S/2C9H12O2/c10-8-5-4-7-3-1-2-6-9(7,8)11;10-8-4-6-9(11)5-2-1-3-7(8)9/h2*1-2,7,11H,3-6H2/t7-,9-;7-,9+/m10/s1. The quantitative estimate of drug-likeness (QED) is 0.672. The number of carbonyl (C=O) groups excluding carboxylic acids is 2. The van der Waals surface area contributed by atoms with Crippen molar-refractivity contribution >= 4 is 11.6 Å². The van der Waals surface area contributed by atoms with Gasteiger partial charge in [0, 0.05) is 19.3 Å². The average Bonchev–Trinajstić information content (AvgIpc) is 2.98. The van der Waals surface area contributed by atoms with Gasteiger partial charge in [0.15, 0.2) is 5.78 Å². The summed E-state index contributed by atoms with van der Waals surface area (Å²) in [6.07, 6.45) is 13.5. The molecule has 4 nitrogen and oxygen atoms in total. The van der Waals surface area contributed by atoms with E-state index in [9.17, 15) is 19.8 Å². The van der Waals surface area contributed by atoms with Gasteiger partial charge in [-0.25, -0.2) is 0 Å². The molecule has 0 amide bonds. The third-order valence-corrected chi connectivity index (χ3v) is 5.75. The molecule has 0 radical (unpaired) electrons.